The van der Waals surface area contributed by atoms with Gasteiger partial charge in [-0.05, 0) is 24.4 Å². The molecule has 0 saturated carbocycles. The van der Waals surface area contributed by atoms with Crippen LogP contribution in [-0.2, 0) is 14.8 Å². The lowest BCUT2D eigenvalue weighted by molar-refractivity contribution is -0.129. The van der Waals surface area contributed by atoms with Gasteiger partial charge in [0.2, 0.25) is 5.91 Å². The highest BCUT2D eigenvalue weighted by Crippen LogP contribution is 2.14. The van der Waals surface area contributed by atoms with E-state index in [0.717, 1.165) is 30.8 Å². The summed E-state index contributed by atoms with van der Waals surface area (Å²) in [4.78, 5) is 13.6. The van der Waals surface area contributed by atoms with Gasteiger partial charge in [0.1, 0.15) is 4.21 Å². The molecular weight excluding hydrogens is 286 g/mol. The molecule has 0 aliphatic carbocycles. The Hall–Kier alpha value is -0.960. The largest absolute Gasteiger partial charge is 0.340 e. The summed E-state index contributed by atoms with van der Waals surface area (Å²) < 4.78 is 26.3. The van der Waals surface area contributed by atoms with Crippen molar-refractivity contribution in [2.24, 2.45) is 0 Å². The van der Waals surface area contributed by atoms with Crippen LogP contribution >= 0.6 is 11.3 Å². The Morgan fingerprint density at radius 3 is 3.00 bits per heavy atom. The smallest absolute Gasteiger partial charge is 0.250 e. The zero-order valence-electron chi connectivity index (χ0n) is 10.5. The number of carbonyl (C=O) groups excluding carboxylic acids is 1. The van der Waals surface area contributed by atoms with Crippen molar-refractivity contribution >= 4 is 27.3 Å². The zero-order chi connectivity index (χ0) is 13.7. The second kappa shape index (κ2) is 6.47. The summed E-state index contributed by atoms with van der Waals surface area (Å²) in [5, 5.41) is 4.89. The summed E-state index contributed by atoms with van der Waals surface area (Å²) in [5.41, 5.74) is 0. The molecule has 1 amide bonds. The van der Waals surface area contributed by atoms with E-state index in [-0.39, 0.29) is 16.7 Å². The first kappa shape index (κ1) is 14.4. The molecule has 6 nitrogen and oxygen atoms in total. The number of thiophene rings is 1. The van der Waals surface area contributed by atoms with Gasteiger partial charge < -0.3 is 10.2 Å². The van der Waals surface area contributed by atoms with Gasteiger partial charge in [0.25, 0.3) is 10.0 Å². The highest BCUT2D eigenvalue weighted by Gasteiger charge is 2.20. The van der Waals surface area contributed by atoms with Crippen LogP contribution in [-0.4, -0.2) is 51.9 Å². The predicted octanol–water partition coefficient (Wildman–Crippen LogP) is -0.152. The van der Waals surface area contributed by atoms with Crippen LogP contribution in [0, 0.1) is 0 Å². The van der Waals surface area contributed by atoms with Crippen LogP contribution < -0.4 is 10.0 Å². The van der Waals surface area contributed by atoms with Crippen LogP contribution in [0.3, 0.4) is 0 Å². The van der Waals surface area contributed by atoms with E-state index in [9.17, 15) is 13.2 Å². The Morgan fingerprint density at radius 1 is 1.42 bits per heavy atom. The van der Waals surface area contributed by atoms with E-state index >= 15 is 0 Å². The number of hydrogen-bond acceptors (Lipinski definition) is 5. The lowest BCUT2D eigenvalue weighted by atomic mass is 10.4. The minimum absolute atomic E-state index is 0.177. The van der Waals surface area contributed by atoms with Crippen molar-refractivity contribution in [2.45, 2.75) is 10.6 Å². The molecule has 1 aromatic rings. The predicted molar refractivity (Wildman–Crippen MR) is 73.6 cm³/mol. The topological polar surface area (TPSA) is 78.5 Å². The van der Waals surface area contributed by atoms with Gasteiger partial charge in [-0.15, -0.1) is 11.3 Å². The molecule has 2 N–H and O–H groups in total. The lowest BCUT2D eigenvalue weighted by Gasteiger charge is -2.19. The summed E-state index contributed by atoms with van der Waals surface area (Å²) in [6, 6.07) is 3.19. The molecule has 0 radical (unpaired) electrons. The first-order valence-corrected chi connectivity index (χ1v) is 8.47. The molecule has 2 heterocycles. The summed E-state index contributed by atoms with van der Waals surface area (Å²) >= 11 is 1.14. The molecule has 0 atom stereocenters. The second-order valence-corrected chi connectivity index (χ2v) is 7.18. The number of nitrogens with one attached hydrogen (secondary N) is 2. The number of nitrogens with zero attached hydrogens (tertiary/aromatic N) is 1. The fourth-order valence-corrected chi connectivity index (χ4v) is 3.86. The molecule has 1 saturated heterocycles. The van der Waals surface area contributed by atoms with Gasteiger partial charge in [-0.1, -0.05) is 6.07 Å². The molecular formula is C11H17N3O3S2. The van der Waals surface area contributed by atoms with Gasteiger partial charge in [0, 0.05) is 19.6 Å². The number of amides is 1. The van der Waals surface area contributed by atoms with Crippen LogP contribution in [0.2, 0.25) is 0 Å². The Balaban J connectivity index is 1.89. The number of hydrogen-bond donors (Lipinski definition) is 2. The van der Waals surface area contributed by atoms with E-state index in [4.69, 9.17) is 0 Å². The number of sulfonamides is 1. The van der Waals surface area contributed by atoms with E-state index in [2.05, 4.69) is 10.0 Å². The van der Waals surface area contributed by atoms with Gasteiger partial charge in [-0.25, -0.2) is 13.1 Å². The fraction of sp³-hybridized carbons (Fsp3) is 0.545. The minimum atomic E-state index is -3.55. The van der Waals surface area contributed by atoms with E-state index in [0.29, 0.717) is 13.1 Å². The van der Waals surface area contributed by atoms with Crippen LogP contribution in [0.25, 0.3) is 0 Å². The summed E-state index contributed by atoms with van der Waals surface area (Å²) in [6.07, 6.45) is 0.892. The first-order valence-electron chi connectivity index (χ1n) is 6.11. The quantitative estimate of drug-likeness (QED) is 0.811. The normalized spacial score (nSPS) is 17.2. The highest BCUT2D eigenvalue weighted by molar-refractivity contribution is 7.91. The standard InChI is InChI=1S/C11H17N3O3S2/c15-10(14-6-2-4-12-5-7-14)9-13-19(16,17)11-3-1-8-18-11/h1,3,8,12-13H,2,4-7,9H2. The number of carbonyl (C=O) groups is 1. The van der Waals surface area contributed by atoms with Crippen LogP contribution in [0.15, 0.2) is 21.7 Å². The third-order valence-electron chi connectivity index (χ3n) is 2.87. The Kier molecular flexibility index (Phi) is 4.92. The van der Waals surface area contributed by atoms with Gasteiger partial charge in [0.05, 0.1) is 6.54 Å². The van der Waals surface area contributed by atoms with Crippen molar-refractivity contribution in [1.82, 2.24) is 14.9 Å². The van der Waals surface area contributed by atoms with Crippen molar-refractivity contribution in [1.29, 1.82) is 0 Å². The van der Waals surface area contributed by atoms with Crippen molar-refractivity contribution < 1.29 is 13.2 Å². The molecule has 0 aromatic carbocycles. The van der Waals surface area contributed by atoms with E-state index in [1.165, 1.54) is 6.07 Å². The average molecular weight is 303 g/mol. The second-order valence-electron chi connectivity index (χ2n) is 4.24. The molecule has 1 fully saturated rings. The third kappa shape index (κ3) is 4.00. The van der Waals surface area contributed by atoms with Crippen LogP contribution in [0.5, 0.6) is 0 Å². The van der Waals surface area contributed by atoms with Crippen molar-refractivity contribution in [2.75, 3.05) is 32.7 Å². The van der Waals surface area contributed by atoms with Gasteiger partial charge in [-0.2, -0.15) is 0 Å². The first-order chi connectivity index (χ1) is 9.09. The van der Waals surface area contributed by atoms with E-state index in [1.807, 2.05) is 0 Å². The van der Waals surface area contributed by atoms with Gasteiger partial charge in [0.15, 0.2) is 0 Å². The van der Waals surface area contributed by atoms with Gasteiger partial charge in [-0.3, -0.25) is 4.79 Å². The Labute approximate surface area is 116 Å². The zero-order valence-corrected chi connectivity index (χ0v) is 12.1. The average Bonchev–Trinajstić information content (AvgIpc) is 2.80. The molecule has 1 aromatic heterocycles. The molecule has 19 heavy (non-hydrogen) atoms. The van der Waals surface area contributed by atoms with E-state index < -0.39 is 10.0 Å². The third-order valence-corrected chi connectivity index (χ3v) is 5.66. The molecule has 1 aliphatic heterocycles. The molecule has 0 unspecified atom stereocenters. The fourth-order valence-electron chi connectivity index (χ4n) is 1.85. The highest BCUT2D eigenvalue weighted by atomic mass is 32.2. The maximum atomic E-state index is 11.9. The Bertz CT molecular complexity index is 505. The van der Waals surface area contributed by atoms with Crippen molar-refractivity contribution in [3.05, 3.63) is 17.5 Å². The molecule has 0 bridgehead atoms. The Morgan fingerprint density at radius 2 is 2.26 bits per heavy atom. The molecule has 106 valence electrons. The van der Waals surface area contributed by atoms with Crippen molar-refractivity contribution in [3.63, 3.8) is 0 Å². The minimum Gasteiger partial charge on any atom is -0.340 e. The molecule has 0 spiro atoms. The van der Waals surface area contributed by atoms with Crippen molar-refractivity contribution in [3.8, 4) is 0 Å². The van der Waals surface area contributed by atoms with Crippen LogP contribution in [0.1, 0.15) is 6.42 Å². The molecule has 1 aliphatic rings. The summed E-state index contributed by atoms with van der Waals surface area (Å²) in [5.74, 6) is -0.177. The monoisotopic (exact) mass is 303 g/mol. The van der Waals surface area contributed by atoms with Crippen LogP contribution in [0.4, 0.5) is 0 Å². The molecule has 8 heteroatoms. The lowest BCUT2D eigenvalue weighted by Crippen LogP contribution is -2.41. The summed E-state index contributed by atoms with van der Waals surface area (Å²) in [6.45, 7) is 2.76. The van der Waals surface area contributed by atoms with Gasteiger partial charge >= 0.3 is 0 Å². The summed E-state index contributed by atoms with van der Waals surface area (Å²) in [7, 11) is -3.55. The number of rotatable bonds is 4. The maximum Gasteiger partial charge on any atom is 0.250 e. The SMILES string of the molecule is O=C(CNS(=O)(=O)c1cccs1)N1CCCNCC1. The van der Waals surface area contributed by atoms with E-state index in [1.54, 1.807) is 16.3 Å². The maximum absolute atomic E-state index is 11.9. The molecule has 2 rings (SSSR count).